The Morgan fingerprint density at radius 3 is 2.43 bits per heavy atom. The van der Waals surface area contributed by atoms with E-state index in [0.29, 0.717) is 23.7 Å². The van der Waals surface area contributed by atoms with Crippen molar-refractivity contribution in [3.63, 3.8) is 0 Å². The number of amides is 2. The molecule has 1 aromatic carbocycles. The van der Waals surface area contributed by atoms with Crippen LogP contribution >= 0.6 is 0 Å². The second-order valence-corrected chi connectivity index (χ2v) is 7.56. The molecular formula is C22H30N2O4. The summed E-state index contributed by atoms with van der Waals surface area (Å²) in [4.78, 5) is 39.2. The van der Waals surface area contributed by atoms with E-state index in [0.717, 1.165) is 11.1 Å². The van der Waals surface area contributed by atoms with Crippen LogP contribution in [0.5, 0.6) is 0 Å². The van der Waals surface area contributed by atoms with E-state index < -0.39 is 5.97 Å². The van der Waals surface area contributed by atoms with Crippen LogP contribution in [0.15, 0.2) is 35.5 Å². The first kappa shape index (κ1) is 21.7. The zero-order valence-electron chi connectivity index (χ0n) is 17.4. The second kappa shape index (κ2) is 9.53. The molecule has 1 unspecified atom stereocenters. The Bertz CT molecular complexity index is 765. The van der Waals surface area contributed by atoms with Crippen molar-refractivity contribution >= 4 is 17.8 Å². The highest BCUT2D eigenvalue weighted by molar-refractivity contribution is 5.97. The molecule has 2 amide bonds. The summed E-state index contributed by atoms with van der Waals surface area (Å²) in [7, 11) is 0. The number of aryl methyl sites for hydroxylation is 1. The van der Waals surface area contributed by atoms with Crippen LogP contribution in [0, 0.1) is 12.8 Å². The van der Waals surface area contributed by atoms with Gasteiger partial charge in [-0.3, -0.25) is 9.59 Å². The van der Waals surface area contributed by atoms with Gasteiger partial charge in [0.25, 0.3) is 0 Å². The summed E-state index contributed by atoms with van der Waals surface area (Å²) in [5.41, 5.74) is 2.93. The number of carbonyl (C=O) groups excluding carboxylic acids is 3. The molecular weight excluding hydrogens is 356 g/mol. The summed E-state index contributed by atoms with van der Waals surface area (Å²) in [6.45, 7) is 10.1. The molecule has 1 atom stereocenters. The maximum absolute atomic E-state index is 12.8. The Morgan fingerprint density at radius 2 is 1.86 bits per heavy atom. The fourth-order valence-corrected chi connectivity index (χ4v) is 3.28. The molecule has 0 fully saturated rings. The van der Waals surface area contributed by atoms with Crippen LogP contribution in [-0.4, -0.2) is 42.4 Å². The van der Waals surface area contributed by atoms with E-state index in [4.69, 9.17) is 4.74 Å². The molecule has 1 N–H and O–H groups in total. The lowest BCUT2D eigenvalue weighted by Gasteiger charge is -2.34. The maximum Gasteiger partial charge on any atom is 0.336 e. The van der Waals surface area contributed by atoms with Gasteiger partial charge >= 0.3 is 5.97 Å². The molecule has 2 rings (SSSR count). The van der Waals surface area contributed by atoms with Gasteiger partial charge in [-0.1, -0.05) is 43.7 Å². The van der Waals surface area contributed by atoms with Gasteiger partial charge in [0.1, 0.15) is 6.54 Å². The molecule has 1 aromatic rings. The summed E-state index contributed by atoms with van der Waals surface area (Å²) in [6, 6.07) is 7.79. The van der Waals surface area contributed by atoms with Crippen molar-refractivity contribution in [2.75, 3.05) is 19.7 Å². The molecule has 0 bridgehead atoms. The van der Waals surface area contributed by atoms with Crippen LogP contribution < -0.4 is 5.32 Å². The van der Waals surface area contributed by atoms with Crippen molar-refractivity contribution in [3.8, 4) is 0 Å². The average Bonchev–Trinajstić information content (AvgIpc) is 2.63. The molecule has 0 aromatic heterocycles. The number of nitrogens with one attached hydrogen (secondary N) is 1. The highest BCUT2D eigenvalue weighted by Gasteiger charge is 2.37. The first-order valence-electron chi connectivity index (χ1n) is 9.76. The molecule has 1 aliphatic rings. The summed E-state index contributed by atoms with van der Waals surface area (Å²) >= 11 is 0. The average molecular weight is 386 g/mol. The molecule has 0 aliphatic carbocycles. The van der Waals surface area contributed by atoms with E-state index in [1.165, 1.54) is 4.90 Å². The van der Waals surface area contributed by atoms with Gasteiger partial charge in [0.15, 0.2) is 0 Å². The second-order valence-electron chi connectivity index (χ2n) is 7.56. The lowest BCUT2D eigenvalue weighted by molar-refractivity contribution is -0.141. The molecule has 0 spiro atoms. The number of benzene rings is 1. The third-order valence-corrected chi connectivity index (χ3v) is 4.81. The first-order chi connectivity index (χ1) is 13.2. The van der Waals surface area contributed by atoms with Gasteiger partial charge in [0, 0.05) is 24.6 Å². The molecule has 0 saturated heterocycles. The Balaban J connectivity index is 2.36. The van der Waals surface area contributed by atoms with Crippen LogP contribution in [0.1, 0.15) is 51.2 Å². The van der Waals surface area contributed by atoms with Crippen molar-refractivity contribution in [2.45, 2.75) is 47.0 Å². The summed E-state index contributed by atoms with van der Waals surface area (Å²) in [6.07, 6.45) is 0.131. The van der Waals surface area contributed by atoms with Crippen molar-refractivity contribution in [1.82, 2.24) is 10.2 Å². The maximum atomic E-state index is 12.8. The SMILES string of the molecule is CCOC(=O)C1=C(C)N(CC(=O)NCC(C)C)C(=O)CC1c1ccc(C)cc1. The quantitative estimate of drug-likeness (QED) is 0.731. The lowest BCUT2D eigenvalue weighted by atomic mass is 9.83. The number of ether oxygens (including phenoxy) is 1. The van der Waals surface area contributed by atoms with Gasteiger partial charge in [-0.25, -0.2) is 4.79 Å². The van der Waals surface area contributed by atoms with Crippen LogP contribution in [0.3, 0.4) is 0 Å². The number of nitrogens with zero attached hydrogens (tertiary/aromatic N) is 1. The minimum Gasteiger partial charge on any atom is -0.463 e. The lowest BCUT2D eigenvalue weighted by Crippen LogP contribution is -2.44. The number of hydrogen-bond donors (Lipinski definition) is 1. The van der Waals surface area contributed by atoms with Crippen LogP contribution in [0.2, 0.25) is 0 Å². The summed E-state index contributed by atoms with van der Waals surface area (Å²) in [5.74, 6) is -0.902. The van der Waals surface area contributed by atoms with Gasteiger partial charge in [-0.05, 0) is 32.3 Å². The highest BCUT2D eigenvalue weighted by atomic mass is 16.5. The first-order valence-corrected chi connectivity index (χ1v) is 9.76. The molecule has 6 nitrogen and oxygen atoms in total. The number of rotatable bonds is 7. The minimum atomic E-state index is -0.439. The molecule has 28 heavy (non-hydrogen) atoms. The smallest absolute Gasteiger partial charge is 0.336 e. The Morgan fingerprint density at radius 1 is 1.21 bits per heavy atom. The van der Waals surface area contributed by atoms with E-state index in [1.54, 1.807) is 13.8 Å². The van der Waals surface area contributed by atoms with Gasteiger partial charge in [-0.2, -0.15) is 0 Å². The molecule has 1 aliphatic heterocycles. The fraction of sp³-hybridized carbons (Fsp3) is 0.500. The van der Waals surface area contributed by atoms with Gasteiger partial charge in [-0.15, -0.1) is 0 Å². The molecule has 6 heteroatoms. The van der Waals surface area contributed by atoms with Crippen molar-refractivity contribution in [1.29, 1.82) is 0 Å². The molecule has 0 radical (unpaired) electrons. The predicted octanol–water partition coefficient (Wildman–Crippen LogP) is 2.92. The highest BCUT2D eigenvalue weighted by Crippen LogP contribution is 2.37. The third-order valence-electron chi connectivity index (χ3n) is 4.81. The molecule has 152 valence electrons. The summed E-state index contributed by atoms with van der Waals surface area (Å²) in [5, 5.41) is 2.82. The zero-order chi connectivity index (χ0) is 20.8. The van der Waals surface area contributed by atoms with Crippen LogP contribution in [0.25, 0.3) is 0 Å². The van der Waals surface area contributed by atoms with Crippen molar-refractivity contribution in [3.05, 3.63) is 46.7 Å². The van der Waals surface area contributed by atoms with Gasteiger partial charge in [0.05, 0.1) is 12.2 Å². The number of hydrogen-bond acceptors (Lipinski definition) is 4. The van der Waals surface area contributed by atoms with E-state index in [9.17, 15) is 14.4 Å². The topological polar surface area (TPSA) is 75.7 Å². The third kappa shape index (κ3) is 5.21. The number of carbonyl (C=O) groups is 3. The number of esters is 1. The summed E-state index contributed by atoms with van der Waals surface area (Å²) < 4.78 is 5.26. The molecule has 0 saturated carbocycles. The van der Waals surface area contributed by atoms with Gasteiger partial charge in [0.2, 0.25) is 11.8 Å². The zero-order valence-corrected chi connectivity index (χ0v) is 17.4. The Kier molecular flexibility index (Phi) is 7.38. The van der Waals surface area contributed by atoms with Crippen molar-refractivity contribution in [2.24, 2.45) is 5.92 Å². The van der Waals surface area contributed by atoms with E-state index >= 15 is 0 Å². The largest absolute Gasteiger partial charge is 0.463 e. The van der Waals surface area contributed by atoms with E-state index in [2.05, 4.69) is 5.32 Å². The normalized spacial score (nSPS) is 17.1. The Hall–Kier alpha value is -2.63. The molecule has 1 heterocycles. The van der Waals surface area contributed by atoms with Gasteiger partial charge < -0.3 is 15.0 Å². The fourth-order valence-electron chi connectivity index (χ4n) is 3.28. The standard InChI is InChI=1S/C22H30N2O4/c1-6-28-22(27)21-16(5)24(13-19(25)23-12-14(2)3)20(26)11-18(21)17-9-7-15(4)8-10-17/h7-10,14,18H,6,11-13H2,1-5H3,(H,23,25). The number of allylic oxidation sites excluding steroid dienone is 1. The monoisotopic (exact) mass is 386 g/mol. The Labute approximate surface area is 166 Å². The van der Waals surface area contributed by atoms with Crippen LogP contribution in [-0.2, 0) is 19.1 Å². The van der Waals surface area contributed by atoms with E-state index in [1.807, 2.05) is 45.0 Å². The van der Waals surface area contributed by atoms with E-state index in [-0.39, 0.29) is 37.3 Å². The predicted molar refractivity (Wildman–Crippen MR) is 107 cm³/mol. The van der Waals surface area contributed by atoms with Crippen LogP contribution in [0.4, 0.5) is 0 Å². The van der Waals surface area contributed by atoms with Crippen molar-refractivity contribution < 1.29 is 19.1 Å². The minimum absolute atomic E-state index is 0.0963.